The lowest BCUT2D eigenvalue weighted by Gasteiger charge is -1.86. The monoisotopic (exact) mass is 170 g/mol. The van der Waals surface area contributed by atoms with Gasteiger partial charge in [0.2, 0.25) is 0 Å². The van der Waals surface area contributed by atoms with Crippen molar-refractivity contribution in [1.29, 1.82) is 0 Å². The van der Waals surface area contributed by atoms with Crippen LogP contribution in [-0.4, -0.2) is 5.12 Å². The standard InChI is InChI=1S/C4H4Cl2OS/c5-2-3(6)1-4(7)8/h2H,1H2,(H,7,8)/b3-2-. The zero-order chi connectivity index (χ0) is 6.57. The number of halogens is 2. The number of carbonyl (C=O) groups excluding carboxylic acids is 1. The lowest BCUT2D eigenvalue weighted by molar-refractivity contribution is -0.110. The number of allylic oxidation sites excluding steroid dienone is 1. The second kappa shape index (κ2) is 4.24. The molecule has 0 bridgehead atoms. The normalized spacial score (nSPS) is 11.6. The summed E-state index contributed by atoms with van der Waals surface area (Å²) in [6.07, 6.45) is 0.105. The van der Waals surface area contributed by atoms with Gasteiger partial charge in [-0.05, 0) is 0 Å². The van der Waals surface area contributed by atoms with E-state index in [0.717, 1.165) is 5.54 Å². The highest BCUT2D eigenvalue weighted by Crippen LogP contribution is 2.09. The molecule has 0 aromatic carbocycles. The first-order valence-corrected chi connectivity index (χ1v) is 3.09. The first-order chi connectivity index (χ1) is 3.66. The maximum Gasteiger partial charge on any atom is 0.191 e. The summed E-state index contributed by atoms with van der Waals surface area (Å²) in [6.45, 7) is 0. The van der Waals surface area contributed by atoms with Gasteiger partial charge in [0.25, 0.3) is 0 Å². The van der Waals surface area contributed by atoms with E-state index in [-0.39, 0.29) is 11.5 Å². The van der Waals surface area contributed by atoms with Crippen LogP contribution in [-0.2, 0) is 4.79 Å². The van der Waals surface area contributed by atoms with Crippen molar-refractivity contribution < 1.29 is 4.79 Å². The molecular formula is C4H4Cl2OS. The molecule has 46 valence electrons. The van der Waals surface area contributed by atoms with E-state index in [2.05, 4.69) is 12.6 Å². The fourth-order valence-electron chi connectivity index (χ4n) is 0.183. The average Bonchev–Trinajstić information content (AvgIpc) is 1.65. The minimum absolute atomic E-state index is 0.105. The SMILES string of the molecule is O=C(S)C/C(Cl)=C/Cl. The number of hydrogen-bond acceptors (Lipinski definition) is 1. The van der Waals surface area contributed by atoms with Gasteiger partial charge in [0.1, 0.15) is 0 Å². The summed E-state index contributed by atoms with van der Waals surface area (Å²) in [5, 5.41) is 0.0265. The molecule has 0 atom stereocenters. The van der Waals surface area contributed by atoms with Crippen LogP contribution in [0.1, 0.15) is 6.42 Å². The Balaban J connectivity index is 3.56. The van der Waals surface area contributed by atoms with Crippen molar-refractivity contribution in [2.45, 2.75) is 6.42 Å². The molecular weight excluding hydrogens is 167 g/mol. The summed E-state index contributed by atoms with van der Waals surface area (Å²) in [5.74, 6) is 0. The highest BCUT2D eigenvalue weighted by Gasteiger charge is 1.95. The molecule has 0 aromatic heterocycles. The van der Waals surface area contributed by atoms with Crippen LogP contribution in [0.25, 0.3) is 0 Å². The fraction of sp³-hybridized carbons (Fsp3) is 0.250. The van der Waals surface area contributed by atoms with Crippen molar-refractivity contribution in [2.75, 3.05) is 0 Å². The maximum absolute atomic E-state index is 10.1. The van der Waals surface area contributed by atoms with Crippen molar-refractivity contribution in [3.05, 3.63) is 10.6 Å². The summed E-state index contributed by atoms with van der Waals surface area (Å²) in [4.78, 5) is 10.1. The number of carbonyl (C=O) groups is 1. The van der Waals surface area contributed by atoms with Crippen LogP contribution in [0.15, 0.2) is 10.6 Å². The second-order valence-corrected chi connectivity index (χ2v) is 2.33. The molecule has 0 spiro atoms. The van der Waals surface area contributed by atoms with Crippen molar-refractivity contribution in [1.82, 2.24) is 0 Å². The molecule has 0 saturated heterocycles. The molecule has 0 heterocycles. The third-order valence-electron chi connectivity index (χ3n) is 0.438. The third kappa shape index (κ3) is 4.50. The Morgan fingerprint density at radius 3 is 2.38 bits per heavy atom. The van der Waals surface area contributed by atoms with Gasteiger partial charge in [-0.1, -0.05) is 23.2 Å². The Morgan fingerprint density at radius 1 is 1.75 bits per heavy atom. The van der Waals surface area contributed by atoms with Gasteiger partial charge in [-0.2, -0.15) is 0 Å². The molecule has 0 saturated carbocycles. The van der Waals surface area contributed by atoms with Gasteiger partial charge in [0.15, 0.2) is 5.12 Å². The minimum atomic E-state index is -0.285. The topological polar surface area (TPSA) is 17.1 Å². The third-order valence-corrected chi connectivity index (χ3v) is 1.21. The molecule has 0 unspecified atom stereocenters. The quantitative estimate of drug-likeness (QED) is 0.630. The minimum Gasteiger partial charge on any atom is -0.287 e. The number of hydrogen-bond donors (Lipinski definition) is 1. The zero-order valence-corrected chi connectivity index (χ0v) is 6.30. The lowest BCUT2D eigenvalue weighted by atomic mass is 10.5. The summed E-state index contributed by atoms with van der Waals surface area (Å²) < 4.78 is 0. The Morgan fingerprint density at radius 2 is 2.25 bits per heavy atom. The predicted octanol–water partition coefficient (Wildman–Crippen LogP) is 2.15. The van der Waals surface area contributed by atoms with E-state index in [1.54, 1.807) is 0 Å². The Bertz CT molecular complexity index is 121. The van der Waals surface area contributed by atoms with Crippen LogP contribution in [0.2, 0.25) is 0 Å². The molecule has 1 nitrogen and oxygen atoms in total. The molecule has 8 heavy (non-hydrogen) atoms. The molecule has 0 rings (SSSR count). The van der Waals surface area contributed by atoms with Crippen LogP contribution in [0.4, 0.5) is 0 Å². The van der Waals surface area contributed by atoms with Gasteiger partial charge in [-0.25, -0.2) is 0 Å². The summed E-state index contributed by atoms with van der Waals surface area (Å²) >= 11 is 13.9. The second-order valence-electron chi connectivity index (χ2n) is 1.13. The van der Waals surface area contributed by atoms with Crippen molar-refractivity contribution in [2.24, 2.45) is 0 Å². The van der Waals surface area contributed by atoms with Gasteiger partial charge in [0, 0.05) is 10.6 Å². The van der Waals surface area contributed by atoms with E-state index in [1.807, 2.05) is 0 Å². The molecule has 0 radical (unpaired) electrons. The maximum atomic E-state index is 10.1. The first kappa shape index (κ1) is 8.34. The molecule has 0 fully saturated rings. The van der Waals surface area contributed by atoms with E-state index in [0.29, 0.717) is 5.03 Å². The van der Waals surface area contributed by atoms with Crippen molar-refractivity contribution >= 4 is 40.9 Å². The van der Waals surface area contributed by atoms with Crippen LogP contribution < -0.4 is 0 Å². The van der Waals surface area contributed by atoms with E-state index in [1.165, 1.54) is 0 Å². The number of rotatable bonds is 2. The molecule has 0 aliphatic heterocycles. The van der Waals surface area contributed by atoms with Gasteiger partial charge in [0.05, 0.1) is 6.42 Å². The smallest absolute Gasteiger partial charge is 0.191 e. The van der Waals surface area contributed by atoms with Gasteiger partial charge in [-0.3, -0.25) is 4.79 Å². The highest BCUT2D eigenvalue weighted by atomic mass is 35.5. The van der Waals surface area contributed by atoms with Crippen LogP contribution >= 0.6 is 35.8 Å². The van der Waals surface area contributed by atoms with Gasteiger partial charge >= 0.3 is 0 Å². The molecule has 0 N–H and O–H groups in total. The fourth-order valence-corrected chi connectivity index (χ4v) is 0.645. The Kier molecular flexibility index (Phi) is 4.42. The average molecular weight is 171 g/mol. The largest absolute Gasteiger partial charge is 0.287 e. The van der Waals surface area contributed by atoms with E-state index in [9.17, 15) is 4.79 Å². The lowest BCUT2D eigenvalue weighted by Crippen LogP contribution is -1.83. The van der Waals surface area contributed by atoms with E-state index in [4.69, 9.17) is 23.2 Å². The van der Waals surface area contributed by atoms with Crippen LogP contribution in [0.3, 0.4) is 0 Å². The highest BCUT2D eigenvalue weighted by molar-refractivity contribution is 7.96. The number of thiol groups is 1. The first-order valence-electron chi connectivity index (χ1n) is 1.83. The molecule has 0 aliphatic rings. The van der Waals surface area contributed by atoms with Gasteiger partial charge in [-0.15, -0.1) is 12.6 Å². The summed E-state index contributed by atoms with van der Waals surface area (Å²) in [6, 6.07) is 0. The van der Waals surface area contributed by atoms with Crippen LogP contribution in [0, 0.1) is 0 Å². The van der Waals surface area contributed by atoms with E-state index < -0.39 is 0 Å². The van der Waals surface area contributed by atoms with Crippen LogP contribution in [0.5, 0.6) is 0 Å². The Labute approximate surface area is 63.1 Å². The predicted molar refractivity (Wildman–Crippen MR) is 38.4 cm³/mol. The molecule has 0 aliphatic carbocycles. The van der Waals surface area contributed by atoms with Crippen molar-refractivity contribution in [3.8, 4) is 0 Å². The summed E-state index contributed by atoms with van der Waals surface area (Å²) in [5.41, 5.74) is 1.15. The molecule has 4 heteroatoms. The zero-order valence-electron chi connectivity index (χ0n) is 3.90. The van der Waals surface area contributed by atoms with Crippen molar-refractivity contribution in [3.63, 3.8) is 0 Å². The van der Waals surface area contributed by atoms with E-state index >= 15 is 0 Å². The summed E-state index contributed by atoms with van der Waals surface area (Å²) in [7, 11) is 0. The molecule has 0 aromatic rings. The molecule has 0 amide bonds. The Hall–Kier alpha value is 0.340. The van der Waals surface area contributed by atoms with Gasteiger partial charge < -0.3 is 0 Å².